The smallest absolute Gasteiger partial charge is 0.255 e. The van der Waals surface area contributed by atoms with Gasteiger partial charge < -0.3 is 10.3 Å². The summed E-state index contributed by atoms with van der Waals surface area (Å²) < 4.78 is 0. The van der Waals surface area contributed by atoms with Crippen molar-refractivity contribution in [2.75, 3.05) is 5.32 Å². The highest BCUT2D eigenvalue weighted by atomic mass is 35.5. The first-order chi connectivity index (χ1) is 8.83. The van der Waals surface area contributed by atoms with Crippen LogP contribution in [0.4, 0.5) is 5.69 Å². The molecule has 2 aromatic heterocycles. The van der Waals surface area contributed by atoms with E-state index in [-0.39, 0.29) is 18.3 Å². The lowest BCUT2D eigenvalue weighted by molar-refractivity contribution is 0.102. The third-order valence-electron chi connectivity index (χ3n) is 2.62. The number of aromatic nitrogens is 3. The molecule has 6 heteroatoms. The molecule has 2 N–H and O–H groups in total. The number of nitrogens with one attached hydrogen (secondary N) is 2. The molecule has 19 heavy (non-hydrogen) atoms. The molecule has 0 saturated carbocycles. The second kappa shape index (κ2) is 5.49. The summed E-state index contributed by atoms with van der Waals surface area (Å²) >= 11 is 0. The van der Waals surface area contributed by atoms with Crippen LogP contribution in [0.2, 0.25) is 0 Å². The van der Waals surface area contributed by atoms with E-state index in [0.717, 1.165) is 16.7 Å². The Hall–Kier alpha value is -2.40. The zero-order valence-electron chi connectivity index (χ0n) is 9.83. The normalized spacial score (nSPS) is 9.89. The molecule has 96 valence electrons. The number of anilines is 1. The molecule has 5 nitrogen and oxygen atoms in total. The van der Waals surface area contributed by atoms with E-state index in [1.165, 1.54) is 0 Å². The summed E-state index contributed by atoms with van der Waals surface area (Å²) in [5, 5.41) is 2.83. The van der Waals surface area contributed by atoms with Gasteiger partial charge in [0.05, 0.1) is 17.4 Å². The number of hydrogen-bond donors (Lipinski definition) is 2. The molecule has 0 atom stereocenters. The van der Waals surface area contributed by atoms with Crippen LogP contribution >= 0.6 is 12.4 Å². The first-order valence-corrected chi connectivity index (χ1v) is 5.47. The molecule has 0 aliphatic heterocycles. The number of halogens is 1. The monoisotopic (exact) mass is 274 g/mol. The Morgan fingerprint density at radius 2 is 1.95 bits per heavy atom. The first-order valence-electron chi connectivity index (χ1n) is 5.47. The molecule has 2 heterocycles. The second-order valence-electron chi connectivity index (χ2n) is 3.82. The maximum Gasteiger partial charge on any atom is 0.255 e. The molecular formula is C13H11ClN4O. The number of amides is 1. The number of nitrogens with zero attached hydrogens (tertiary/aromatic N) is 2. The maximum absolute atomic E-state index is 11.9. The molecule has 0 radical (unpaired) electrons. The number of imidazole rings is 1. The Morgan fingerprint density at radius 3 is 2.74 bits per heavy atom. The number of aromatic amines is 1. The van der Waals surface area contributed by atoms with E-state index in [1.54, 1.807) is 30.9 Å². The predicted octanol–water partition coefficient (Wildman–Crippen LogP) is 2.63. The van der Waals surface area contributed by atoms with Crippen LogP contribution in [0.1, 0.15) is 10.4 Å². The minimum atomic E-state index is -0.156. The Bertz CT molecular complexity index is 696. The number of carbonyl (C=O) groups is 1. The van der Waals surface area contributed by atoms with Gasteiger partial charge in [0.15, 0.2) is 0 Å². The third-order valence-corrected chi connectivity index (χ3v) is 2.62. The van der Waals surface area contributed by atoms with Gasteiger partial charge >= 0.3 is 0 Å². The summed E-state index contributed by atoms with van der Waals surface area (Å²) in [5.74, 6) is -0.156. The van der Waals surface area contributed by atoms with Crippen LogP contribution in [-0.4, -0.2) is 20.9 Å². The van der Waals surface area contributed by atoms with Gasteiger partial charge in [-0.25, -0.2) is 4.98 Å². The molecule has 3 aromatic rings. The van der Waals surface area contributed by atoms with Crippen molar-refractivity contribution in [1.29, 1.82) is 0 Å². The second-order valence-corrected chi connectivity index (χ2v) is 3.82. The highest BCUT2D eigenvalue weighted by molar-refractivity contribution is 6.04. The topological polar surface area (TPSA) is 70.7 Å². The van der Waals surface area contributed by atoms with Gasteiger partial charge in [0.2, 0.25) is 0 Å². The Labute approximate surface area is 115 Å². The predicted molar refractivity (Wildman–Crippen MR) is 75.5 cm³/mol. The Balaban J connectivity index is 0.00000133. The summed E-state index contributed by atoms with van der Waals surface area (Å²) in [5.41, 5.74) is 3.07. The van der Waals surface area contributed by atoms with Crippen LogP contribution in [0, 0.1) is 0 Å². The standard InChI is InChI=1S/C13H10N4O.ClH/c18-13(9-3-5-14-6-4-9)17-10-1-2-11-12(7-10)16-8-15-11;/h1-8H,(H,15,16)(H,17,18);1H. The lowest BCUT2D eigenvalue weighted by Crippen LogP contribution is -2.11. The average Bonchev–Trinajstić information content (AvgIpc) is 2.87. The van der Waals surface area contributed by atoms with Gasteiger partial charge in [-0.3, -0.25) is 9.78 Å². The van der Waals surface area contributed by atoms with Crippen molar-refractivity contribution in [3.63, 3.8) is 0 Å². The van der Waals surface area contributed by atoms with E-state index in [1.807, 2.05) is 18.2 Å². The van der Waals surface area contributed by atoms with Gasteiger partial charge in [0, 0.05) is 23.6 Å². The van der Waals surface area contributed by atoms with Gasteiger partial charge in [-0.15, -0.1) is 12.4 Å². The molecule has 1 amide bonds. The minimum absolute atomic E-state index is 0. The van der Waals surface area contributed by atoms with Crippen LogP contribution in [-0.2, 0) is 0 Å². The number of carbonyl (C=O) groups excluding carboxylic acids is 1. The van der Waals surface area contributed by atoms with Crippen molar-refractivity contribution in [1.82, 2.24) is 15.0 Å². The van der Waals surface area contributed by atoms with Crippen LogP contribution in [0.5, 0.6) is 0 Å². The highest BCUT2D eigenvalue weighted by Gasteiger charge is 2.06. The maximum atomic E-state index is 11.9. The Kier molecular flexibility index (Phi) is 3.77. The van der Waals surface area contributed by atoms with E-state index in [9.17, 15) is 4.79 Å². The number of fused-ring (bicyclic) bond motifs is 1. The van der Waals surface area contributed by atoms with E-state index >= 15 is 0 Å². The minimum Gasteiger partial charge on any atom is -0.345 e. The molecular weight excluding hydrogens is 264 g/mol. The summed E-state index contributed by atoms with van der Waals surface area (Å²) in [4.78, 5) is 22.9. The fraction of sp³-hybridized carbons (Fsp3) is 0. The van der Waals surface area contributed by atoms with E-state index in [4.69, 9.17) is 0 Å². The van der Waals surface area contributed by atoms with Crippen molar-refractivity contribution >= 4 is 35.0 Å². The van der Waals surface area contributed by atoms with Crippen molar-refractivity contribution in [3.8, 4) is 0 Å². The van der Waals surface area contributed by atoms with Crippen LogP contribution < -0.4 is 5.32 Å². The van der Waals surface area contributed by atoms with Crippen molar-refractivity contribution in [3.05, 3.63) is 54.6 Å². The number of pyridine rings is 1. The van der Waals surface area contributed by atoms with Crippen LogP contribution in [0.25, 0.3) is 11.0 Å². The fourth-order valence-electron chi connectivity index (χ4n) is 1.72. The van der Waals surface area contributed by atoms with E-state index in [0.29, 0.717) is 5.56 Å². The van der Waals surface area contributed by atoms with Crippen molar-refractivity contribution < 1.29 is 4.79 Å². The molecule has 0 bridgehead atoms. The third kappa shape index (κ3) is 2.71. The highest BCUT2D eigenvalue weighted by Crippen LogP contribution is 2.16. The van der Waals surface area contributed by atoms with Crippen LogP contribution in [0.15, 0.2) is 49.1 Å². The van der Waals surface area contributed by atoms with Gasteiger partial charge in [-0.05, 0) is 30.3 Å². The SMILES string of the molecule is Cl.O=C(Nc1ccc2nc[nH]c2c1)c1ccncc1. The average molecular weight is 275 g/mol. The van der Waals surface area contributed by atoms with Gasteiger partial charge in [0.1, 0.15) is 0 Å². The number of benzene rings is 1. The number of H-pyrrole nitrogens is 1. The molecule has 0 spiro atoms. The molecule has 0 aliphatic rings. The zero-order valence-corrected chi connectivity index (χ0v) is 10.6. The van der Waals surface area contributed by atoms with Crippen molar-refractivity contribution in [2.45, 2.75) is 0 Å². The number of rotatable bonds is 2. The Morgan fingerprint density at radius 1 is 1.16 bits per heavy atom. The molecule has 0 fully saturated rings. The van der Waals surface area contributed by atoms with Crippen LogP contribution in [0.3, 0.4) is 0 Å². The lowest BCUT2D eigenvalue weighted by atomic mass is 10.2. The largest absolute Gasteiger partial charge is 0.345 e. The van der Waals surface area contributed by atoms with Gasteiger partial charge in [-0.2, -0.15) is 0 Å². The molecule has 0 saturated heterocycles. The van der Waals surface area contributed by atoms with E-state index in [2.05, 4.69) is 20.3 Å². The van der Waals surface area contributed by atoms with E-state index < -0.39 is 0 Å². The van der Waals surface area contributed by atoms with Crippen molar-refractivity contribution in [2.24, 2.45) is 0 Å². The molecule has 0 aliphatic carbocycles. The molecule has 1 aromatic carbocycles. The van der Waals surface area contributed by atoms with Gasteiger partial charge in [0.25, 0.3) is 5.91 Å². The van der Waals surface area contributed by atoms with Gasteiger partial charge in [-0.1, -0.05) is 0 Å². The lowest BCUT2D eigenvalue weighted by Gasteiger charge is -2.04. The summed E-state index contributed by atoms with van der Waals surface area (Å²) in [6, 6.07) is 8.87. The summed E-state index contributed by atoms with van der Waals surface area (Å²) in [6.45, 7) is 0. The summed E-state index contributed by atoms with van der Waals surface area (Å²) in [6.07, 6.45) is 4.80. The first kappa shape index (κ1) is 13.0. The summed E-state index contributed by atoms with van der Waals surface area (Å²) in [7, 11) is 0. The number of hydrogen-bond acceptors (Lipinski definition) is 3. The molecule has 3 rings (SSSR count). The molecule has 0 unspecified atom stereocenters. The fourth-order valence-corrected chi connectivity index (χ4v) is 1.72. The quantitative estimate of drug-likeness (QED) is 0.755. The zero-order chi connectivity index (χ0) is 12.4.